The monoisotopic (exact) mass is 180 g/mol. The molecule has 4 atom stereocenters. The Balaban J connectivity index is 1.92. The maximum absolute atomic E-state index is 10.2. The quantitative estimate of drug-likeness (QED) is 0.607. The van der Waals surface area contributed by atoms with Crippen molar-refractivity contribution >= 4 is 0 Å². The van der Waals surface area contributed by atoms with Crippen molar-refractivity contribution in [1.82, 2.24) is 0 Å². The van der Waals surface area contributed by atoms with Gasteiger partial charge in [-0.05, 0) is 49.4 Å². The molecule has 3 saturated carbocycles. The van der Waals surface area contributed by atoms with Crippen LogP contribution >= 0.6 is 0 Å². The van der Waals surface area contributed by atoms with Crippen molar-refractivity contribution in [2.75, 3.05) is 0 Å². The molecule has 74 valence electrons. The van der Waals surface area contributed by atoms with E-state index in [4.69, 9.17) is 0 Å². The first-order valence-corrected chi connectivity index (χ1v) is 6.01. The lowest BCUT2D eigenvalue weighted by atomic mass is 9.71. The van der Waals surface area contributed by atoms with Crippen LogP contribution in [0.3, 0.4) is 0 Å². The van der Waals surface area contributed by atoms with Crippen molar-refractivity contribution in [2.45, 2.75) is 57.5 Å². The normalized spacial score (nSPS) is 54.7. The van der Waals surface area contributed by atoms with Crippen LogP contribution in [-0.2, 0) is 0 Å². The third-order valence-electron chi connectivity index (χ3n) is 5.11. The highest BCUT2D eigenvalue weighted by molar-refractivity contribution is 5.08. The Morgan fingerprint density at radius 3 is 2.77 bits per heavy atom. The molecule has 3 fully saturated rings. The number of fused-ring (bicyclic) bond motifs is 1. The molecule has 3 rings (SSSR count). The summed E-state index contributed by atoms with van der Waals surface area (Å²) in [7, 11) is 0. The van der Waals surface area contributed by atoms with Crippen LogP contribution in [0, 0.1) is 17.3 Å². The maximum Gasteiger partial charge on any atom is 0.0627 e. The van der Waals surface area contributed by atoms with E-state index in [0.29, 0.717) is 11.3 Å². The van der Waals surface area contributed by atoms with E-state index in [1.54, 1.807) is 0 Å². The molecule has 13 heavy (non-hydrogen) atoms. The Bertz CT molecular complexity index is 213. The summed E-state index contributed by atoms with van der Waals surface area (Å²) in [6.07, 6.45) is 11.0. The van der Waals surface area contributed by atoms with Gasteiger partial charge < -0.3 is 5.11 Å². The van der Waals surface area contributed by atoms with Crippen LogP contribution in [0.15, 0.2) is 0 Å². The molecular formula is C12H20O. The standard InChI is InChI=1S/C12H20O/c13-11-9-5-7-12(11)6-3-1-2-4-10(12)8-9/h9-11,13H,1-8H2/t9-,10-,11+,12+/m0/s1. The predicted octanol–water partition coefficient (Wildman–Crippen LogP) is 2.73. The Labute approximate surface area is 80.5 Å². The van der Waals surface area contributed by atoms with Gasteiger partial charge in [0.1, 0.15) is 0 Å². The van der Waals surface area contributed by atoms with Crippen LogP contribution in [0.2, 0.25) is 0 Å². The fourth-order valence-corrected chi connectivity index (χ4v) is 4.43. The van der Waals surface area contributed by atoms with Crippen LogP contribution in [0.25, 0.3) is 0 Å². The van der Waals surface area contributed by atoms with E-state index >= 15 is 0 Å². The van der Waals surface area contributed by atoms with Gasteiger partial charge in [0, 0.05) is 0 Å². The minimum Gasteiger partial charge on any atom is -0.392 e. The van der Waals surface area contributed by atoms with E-state index in [9.17, 15) is 5.11 Å². The summed E-state index contributed by atoms with van der Waals surface area (Å²) in [6, 6.07) is 0. The molecule has 0 aromatic carbocycles. The largest absolute Gasteiger partial charge is 0.392 e. The van der Waals surface area contributed by atoms with Crippen molar-refractivity contribution < 1.29 is 5.11 Å². The first-order chi connectivity index (χ1) is 6.33. The molecule has 0 aliphatic heterocycles. The van der Waals surface area contributed by atoms with Gasteiger partial charge in [-0.3, -0.25) is 0 Å². The van der Waals surface area contributed by atoms with Crippen LogP contribution in [0.4, 0.5) is 0 Å². The molecular weight excluding hydrogens is 160 g/mol. The number of hydrogen-bond donors (Lipinski definition) is 1. The van der Waals surface area contributed by atoms with Crippen molar-refractivity contribution in [2.24, 2.45) is 17.3 Å². The number of aliphatic hydroxyl groups excluding tert-OH is 1. The van der Waals surface area contributed by atoms with Gasteiger partial charge in [-0.2, -0.15) is 0 Å². The van der Waals surface area contributed by atoms with Gasteiger partial charge >= 0.3 is 0 Å². The molecule has 2 bridgehead atoms. The molecule has 0 radical (unpaired) electrons. The fraction of sp³-hybridized carbons (Fsp3) is 1.00. The first-order valence-electron chi connectivity index (χ1n) is 6.01. The summed E-state index contributed by atoms with van der Waals surface area (Å²) in [4.78, 5) is 0. The highest BCUT2D eigenvalue weighted by atomic mass is 16.3. The van der Waals surface area contributed by atoms with E-state index in [0.717, 1.165) is 5.92 Å². The zero-order valence-corrected chi connectivity index (χ0v) is 8.34. The first kappa shape index (κ1) is 8.28. The Morgan fingerprint density at radius 2 is 1.92 bits per heavy atom. The van der Waals surface area contributed by atoms with E-state index in [2.05, 4.69) is 0 Å². The van der Waals surface area contributed by atoms with E-state index in [-0.39, 0.29) is 6.10 Å². The average Bonchev–Trinajstić information content (AvgIpc) is 2.50. The smallest absolute Gasteiger partial charge is 0.0627 e. The molecule has 0 aromatic rings. The summed E-state index contributed by atoms with van der Waals surface area (Å²) in [5.41, 5.74) is 0.404. The van der Waals surface area contributed by atoms with Crippen molar-refractivity contribution in [3.63, 3.8) is 0 Å². The molecule has 1 heteroatoms. The van der Waals surface area contributed by atoms with Gasteiger partial charge in [-0.25, -0.2) is 0 Å². The number of aliphatic hydroxyl groups is 1. The van der Waals surface area contributed by atoms with Crippen LogP contribution in [0.1, 0.15) is 51.4 Å². The van der Waals surface area contributed by atoms with Crippen LogP contribution in [0.5, 0.6) is 0 Å². The average molecular weight is 180 g/mol. The van der Waals surface area contributed by atoms with Crippen molar-refractivity contribution in [3.8, 4) is 0 Å². The van der Waals surface area contributed by atoms with Gasteiger partial charge in [-0.15, -0.1) is 0 Å². The topological polar surface area (TPSA) is 20.2 Å². The minimum atomic E-state index is 0.0793. The second-order valence-electron chi connectivity index (χ2n) is 5.51. The van der Waals surface area contributed by atoms with Gasteiger partial charge in [0.05, 0.1) is 6.10 Å². The second kappa shape index (κ2) is 2.73. The summed E-state index contributed by atoms with van der Waals surface area (Å²) in [5, 5.41) is 10.2. The third-order valence-corrected chi connectivity index (χ3v) is 5.11. The fourth-order valence-electron chi connectivity index (χ4n) is 4.43. The summed E-state index contributed by atoms with van der Waals surface area (Å²) >= 11 is 0. The molecule has 1 nitrogen and oxygen atoms in total. The molecule has 3 aliphatic rings. The molecule has 0 heterocycles. The molecule has 1 spiro atoms. The second-order valence-corrected chi connectivity index (χ2v) is 5.51. The van der Waals surface area contributed by atoms with E-state index in [1.807, 2.05) is 0 Å². The molecule has 0 saturated heterocycles. The number of hydrogen-bond acceptors (Lipinski definition) is 1. The molecule has 0 amide bonds. The summed E-state index contributed by atoms with van der Waals surface area (Å²) in [5.74, 6) is 1.58. The lowest BCUT2D eigenvalue weighted by Crippen LogP contribution is -2.32. The zero-order valence-electron chi connectivity index (χ0n) is 8.34. The number of rotatable bonds is 0. The molecule has 0 aromatic heterocycles. The highest BCUT2D eigenvalue weighted by Gasteiger charge is 2.58. The van der Waals surface area contributed by atoms with Crippen molar-refractivity contribution in [3.05, 3.63) is 0 Å². The maximum atomic E-state index is 10.2. The summed E-state index contributed by atoms with van der Waals surface area (Å²) < 4.78 is 0. The zero-order chi connectivity index (χ0) is 8.89. The van der Waals surface area contributed by atoms with Gasteiger partial charge in [-0.1, -0.05) is 19.3 Å². The van der Waals surface area contributed by atoms with Crippen molar-refractivity contribution in [1.29, 1.82) is 0 Å². The summed E-state index contributed by atoms with van der Waals surface area (Å²) in [6.45, 7) is 0. The Kier molecular flexibility index (Phi) is 1.74. The van der Waals surface area contributed by atoms with Gasteiger partial charge in [0.2, 0.25) is 0 Å². The molecule has 0 unspecified atom stereocenters. The Hall–Kier alpha value is -0.0400. The highest BCUT2D eigenvalue weighted by Crippen LogP contribution is 2.62. The predicted molar refractivity (Wildman–Crippen MR) is 52.4 cm³/mol. The van der Waals surface area contributed by atoms with Crippen LogP contribution < -0.4 is 0 Å². The third kappa shape index (κ3) is 0.971. The Morgan fingerprint density at radius 1 is 1.00 bits per heavy atom. The lowest BCUT2D eigenvalue weighted by Gasteiger charge is -2.35. The molecule has 3 aliphatic carbocycles. The van der Waals surface area contributed by atoms with Gasteiger partial charge in [0.15, 0.2) is 0 Å². The molecule has 1 N–H and O–H groups in total. The van der Waals surface area contributed by atoms with E-state index < -0.39 is 0 Å². The minimum absolute atomic E-state index is 0.0793. The lowest BCUT2D eigenvalue weighted by molar-refractivity contribution is 0.0316. The van der Waals surface area contributed by atoms with Gasteiger partial charge in [0.25, 0.3) is 0 Å². The van der Waals surface area contributed by atoms with E-state index in [1.165, 1.54) is 51.4 Å². The van der Waals surface area contributed by atoms with Crippen LogP contribution in [-0.4, -0.2) is 11.2 Å². The SMILES string of the molecule is O[C@@H]1[C@H]2CC[C@@]13CCCCC[C@H]3C2.